The number of hydrogen-bond acceptors (Lipinski definition) is 0. The zero-order valence-corrected chi connectivity index (χ0v) is 45.0. The molecule has 0 nitrogen and oxygen atoms in total. The Morgan fingerprint density at radius 2 is 0.463 bits per heavy atom. The van der Waals surface area contributed by atoms with E-state index in [9.17, 15) is 0 Å². The molecule has 6 heteroatoms. The first-order valence-electron chi connectivity index (χ1n) is 17.6. The van der Waals surface area contributed by atoms with Gasteiger partial charge in [0.05, 0.1) is 0 Å². The van der Waals surface area contributed by atoms with Crippen molar-refractivity contribution in [2.45, 2.75) is 81.6 Å². The quantitative estimate of drug-likeness (QED) is 0.106. The van der Waals surface area contributed by atoms with E-state index in [2.05, 4.69) is 203 Å². The molecule has 0 aliphatic rings. The summed E-state index contributed by atoms with van der Waals surface area (Å²) < 4.78 is 0. The van der Waals surface area contributed by atoms with Crippen LogP contribution in [0.3, 0.4) is 0 Å². The van der Waals surface area contributed by atoms with Crippen LogP contribution in [0.15, 0.2) is 121 Å². The summed E-state index contributed by atoms with van der Waals surface area (Å²) in [6.45, 7) is 26.0. The number of hydrogen-bond donors (Lipinski definition) is 0. The summed E-state index contributed by atoms with van der Waals surface area (Å²) in [5, 5.41) is 11.0. The average Bonchev–Trinajstić information content (AvgIpc) is 3.79. The van der Waals surface area contributed by atoms with Crippen molar-refractivity contribution in [1.82, 2.24) is 0 Å². The molecule has 284 valence electrons. The van der Waals surface area contributed by atoms with Crippen molar-refractivity contribution in [3.63, 3.8) is 0 Å². The Morgan fingerprint density at radius 3 is 0.611 bits per heavy atom. The van der Waals surface area contributed by atoms with Crippen LogP contribution in [0, 0.1) is 55.4 Å². The van der Waals surface area contributed by atoms with Crippen LogP contribution in [-0.4, -0.2) is 19.0 Å². The molecule has 0 unspecified atom stereocenters. The predicted molar refractivity (Wildman–Crippen MR) is 231 cm³/mol. The second-order valence-electron chi connectivity index (χ2n) is 13.2. The monoisotopic (exact) mass is 1120 g/mol. The molecule has 0 aromatic heterocycles. The maximum Gasteiger partial charge on any atom is 0.0307 e. The molecule has 4 radical (unpaired) electrons. The Kier molecular flexibility index (Phi) is 27.7. The molecule has 0 saturated carbocycles. The van der Waals surface area contributed by atoms with Gasteiger partial charge >= 0.3 is 0 Å². The van der Waals surface area contributed by atoms with Crippen LogP contribution in [0.5, 0.6) is 0 Å². The van der Waals surface area contributed by atoms with Crippen molar-refractivity contribution in [3.05, 3.63) is 166 Å². The van der Waals surface area contributed by atoms with Gasteiger partial charge in [0.1, 0.15) is 0 Å². The summed E-state index contributed by atoms with van der Waals surface area (Å²) in [5.74, 6) is 0. The summed E-state index contributed by atoms with van der Waals surface area (Å²) in [6, 6.07) is 43.0. The Balaban J connectivity index is 0. The second kappa shape index (κ2) is 27.6. The van der Waals surface area contributed by atoms with E-state index in [0.717, 1.165) is 19.0 Å². The van der Waals surface area contributed by atoms with E-state index in [-0.39, 0.29) is 76.5 Å². The molecule has 8 aromatic carbocycles. The molecule has 0 spiro atoms. The van der Waals surface area contributed by atoms with Crippen molar-refractivity contribution >= 4 is 62.1 Å². The third kappa shape index (κ3) is 14.9. The normalized spacial score (nSPS) is 9.41. The first kappa shape index (κ1) is 54.2. The minimum absolute atomic E-state index is 0. The molecule has 0 atom stereocenters. The van der Waals surface area contributed by atoms with Gasteiger partial charge in [0, 0.05) is 70.7 Å². The maximum absolute atomic E-state index is 2.24. The van der Waals surface area contributed by atoms with E-state index < -0.39 is 0 Å². The van der Waals surface area contributed by atoms with Gasteiger partial charge in [-0.25, -0.2) is 0 Å². The van der Waals surface area contributed by atoms with Crippen LogP contribution >= 0.6 is 0 Å². The van der Waals surface area contributed by atoms with Gasteiger partial charge < -0.3 is 24.8 Å². The van der Waals surface area contributed by atoms with Gasteiger partial charge in [-0.15, -0.1) is 162 Å². The standard InChI is InChI=1S/4C11H11.2C2H6Si.2ClH.2Hf/c4*1-8-7-10-5-3-4-6-11(10)9(8)2;2*1-3-2;;;;/h4*3-7H,1-2H3;2*1-2H3;2*1H;;/q4*-1;;;;;;/p-2. The summed E-state index contributed by atoms with van der Waals surface area (Å²) in [4.78, 5) is 0. The molecule has 0 N–H and O–H groups in total. The fourth-order valence-electron chi connectivity index (χ4n) is 6.07. The Labute approximate surface area is 382 Å². The fourth-order valence-corrected chi connectivity index (χ4v) is 6.07. The molecule has 54 heavy (non-hydrogen) atoms. The summed E-state index contributed by atoms with van der Waals surface area (Å²) in [7, 11) is 2.17. The van der Waals surface area contributed by atoms with Crippen LogP contribution in [-0.2, 0) is 51.7 Å². The van der Waals surface area contributed by atoms with Crippen LogP contribution in [0.1, 0.15) is 44.5 Å². The predicted octanol–water partition coefficient (Wildman–Crippen LogP) is 8.28. The van der Waals surface area contributed by atoms with Crippen molar-refractivity contribution in [2.75, 3.05) is 0 Å². The van der Waals surface area contributed by atoms with E-state index in [1.54, 1.807) is 0 Å². The van der Waals surface area contributed by atoms with Crippen molar-refractivity contribution in [3.8, 4) is 0 Å². The Morgan fingerprint density at radius 1 is 0.315 bits per heavy atom. The van der Waals surface area contributed by atoms with Gasteiger partial charge in [-0.05, 0) is 0 Å². The van der Waals surface area contributed by atoms with Crippen LogP contribution in [0.25, 0.3) is 43.1 Å². The number of halogens is 2. The van der Waals surface area contributed by atoms with Crippen molar-refractivity contribution in [1.29, 1.82) is 0 Å². The van der Waals surface area contributed by atoms with Crippen molar-refractivity contribution in [2.24, 2.45) is 0 Å². The third-order valence-electron chi connectivity index (χ3n) is 9.31. The molecule has 0 bridgehead atoms. The smallest absolute Gasteiger partial charge is 0.0307 e. The van der Waals surface area contributed by atoms with Crippen LogP contribution in [0.2, 0.25) is 26.2 Å². The molecule has 0 aliphatic carbocycles. The maximum atomic E-state index is 2.24. The molecule has 0 amide bonds. The van der Waals surface area contributed by atoms with Crippen LogP contribution < -0.4 is 24.8 Å². The van der Waals surface area contributed by atoms with Crippen molar-refractivity contribution < 1.29 is 76.5 Å². The number of aryl methyl sites for hydroxylation is 8. The largest absolute Gasteiger partial charge is 1.00 e. The Hall–Kier alpha value is -1.93. The minimum atomic E-state index is 0. The zero-order chi connectivity index (χ0) is 36.8. The van der Waals surface area contributed by atoms with E-state index in [1.165, 1.54) is 87.6 Å². The summed E-state index contributed by atoms with van der Waals surface area (Å²) in [6.07, 6.45) is 0. The fraction of sp³-hybridized carbons (Fsp3) is 0.250. The molecule has 8 rings (SSSR count). The molecule has 8 aromatic rings. The van der Waals surface area contributed by atoms with Gasteiger partial charge in [-0.1, -0.05) is 106 Å². The Bertz CT molecular complexity index is 1900. The van der Waals surface area contributed by atoms with Gasteiger partial charge in [-0.3, -0.25) is 0 Å². The first-order chi connectivity index (χ1) is 24.0. The molecule has 0 aliphatic heterocycles. The van der Waals surface area contributed by atoms with Gasteiger partial charge in [0.2, 0.25) is 0 Å². The first-order valence-corrected chi connectivity index (χ1v) is 21.6. The molecular weight excluding hydrogens is 1060 g/mol. The number of rotatable bonds is 0. The SMILES string of the molecule is C[Si]C.C[Si]C.Cc1[cH-]c2ccccc2c1C.Cc1[cH-]c2ccccc2c1C.Cc1[cH-]c2ccccc2c1C.Cc1[cH-]c2ccccc2c1C.[Cl-].[Cl-].[Hf].[Hf]. The molecular formula is C48H56Cl2Hf2Si2-6. The number of fused-ring (bicyclic) bond motifs is 4. The minimum Gasteiger partial charge on any atom is -1.00 e. The third-order valence-corrected chi connectivity index (χ3v) is 9.31. The molecule has 0 fully saturated rings. The molecule has 0 heterocycles. The van der Waals surface area contributed by atoms with E-state index >= 15 is 0 Å². The van der Waals surface area contributed by atoms with Gasteiger partial charge in [-0.2, -0.15) is 22.3 Å². The van der Waals surface area contributed by atoms with Gasteiger partial charge in [0.15, 0.2) is 0 Å². The van der Waals surface area contributed by atoms with E-state index in [0.29, 0.717) is 0 Å². The van der Waals surface area contributed by atoms with Crippen LogP contribution in [0.4, 0.5) is 0 Å². The second-order valence-corrected chi connectivity index (χ2v) is 15.2. The van der Waals surface area contributed by atoms with E-state index in [1.807, 2.05) is 0 Å². The number of benzene rings is 4. The summed E-state index contributed by atoms with van der Waals surface area (Å²) >= 11 is 0. The average molecular weight is 1120 g/mol. The van der Waals surface area contributed by atoms with Gasteiger partial charge in [0.25, 0.3) is 0 Å². The molecule has 0 saturated heterocycles. The van der Waals surface area contributed by atoms with E-state index in [4.69, 9.17) is 0 Å². The topological polar surface area (TPSA) is 0 Å². The summed E-state index contributed by atoms with van der Waals surface area (Å²) in [5.41, 5.74) is 11.2. The zero-order valence-electron chi connectivity index (χ0n) is 34.3.